The molecule has 1 unspecified atom stereocenters. The number of nitrogens with one attached hydrogen (secondary N) is 3. The van der Waals surface area contributed by atoms with Crippen LogP contribution in [0.5, 0.6) is 0 Å². The minimum Gasteiger partial charge on any atom is -0.441 e. The molecule has 2 atom stereocenters. The second kappa shape index (κ2) is 10.5. The van der Waals surface area contributed by atoms with Gasteiger partial charge in [-0.25, -0.2) is 0 Å². The Bertz CT molecular complexity index is 1240. The molecular weight excluding hydrogens is 489 g/mol. The number of aromatic amines is 1. The number of hydrazone groups is 1. The number of carbonyl (C=O) groups is 1. The molecule has 1 aliphatic heterocycles. The Morgan fingerprint density at radius 1 is 1.17 bits per heavy atom. The van der Waals surface area contributed by atoms with E-state index in [4.69, 9.17) is 17.4 Å². The molecule has 4 rings (SSSR count). The molecule has 0 radical (unpaired) electrons. The fourth-order valence-corrected chi connectivity index (χ4v) is 4.40. The summed E-state index contributed by atoms with van der Waals surface area (Å²) < 4.78 is 44.7. The first kappa shape index (κ1) is 25.9. The van der Waals surface area contributed by atoms with Gasteiger partial charge in [0.05, 0.1) is 12.0 Å². The Balaban J connectivity index is 1.51. The molecule has 1 aliphatic rings. The molecule has 1 aromatic heterocycles. The van der Waals surface area contributed by atoms with E-state index in [2.05, 4.69) is 34.7 Å². The van der Waals surface area contributed by atoms with Crippen LogP contribution in [0.4, 0.5) is 13.2 Å². The van der Waals surface area contributed by atoms with E-state index < -0.39 is 22.8 Å². The predicted molar refractivity (Wildman–Crippen MR) is 137 cm³/mol. The molecule has 0 aliphatic carbocycles. The monoisotopic (exact) mass is 518 g/mol. The van der Waals surface area contributed by atoms with E-state index in [-0.39, 0.29) is 12.3 Å². The van der Waals surface area contributed by atoms with Crippen LogP contribution in [0.3, 0.4) is 0 Å². The maximum atomic E-state index is 13.0. The average Bonchev–Trinajstić information content (AvgIpc) is 3.41. The lowest BCUT2D eigenvalue weighted by atomic mass is 10.0. The third-order valence-corrected chi connectivity index (χ3v) is 6.61. The molecule has 36 heavy (non-hydrogen) atoms. The van der Waals surface area contributed by atoms with Crippen LogP contribution < -0.4 is 10.7 Å². The van der Waals surface area contributed by atoms with Crippen LogP contribution in [0.15, 0.2) is 59.8 Å². The molecule has 0 saturated heterocycles. The molecule has 0 bridgehead atoms. The Labute approximate surface area is 213 Å². The van der Waals surface area contributed by atoms with E-state index in [9.17, 15) is 18.0 Å². The molecule has 3 aromatic rings. The van der Waals surface area contributed by atoms with Crippen molar-refractivity contribution in [3.8, 4) is 0 Å². The zero-order chi connectivity index (χ0) is 25.9. The summed E-state index contributed by atoms with van der Waals surface area (Å²) >= 11 is 4.73. The van der Waals surface area contributed by atoms with Gasteiger partial charge in [-0.05, 0) is 41.7 Å². The molecule has 2 aromatic carbocycles. The molecule has 0 fully saturated rings. The lowest BCUT2D eigenvalue weighted by molar-refractivity contribution is -0.137. The molecule has 0 spiro atoms. The highest BCUT2D eigenvalue weighted by atomic mass is 32.1. The number of rotatable bonds is 9. The van der Waals surface area contributed by atoms with Crippen molar-refractivity contribution in [1.82, 2.24) is 15.7 Å². The number of aromatic nitrogens is 1. The van der Waals surface area contributed by atoms with Crippen molar-refractivity contribution in [2.45, 2.75) is 56.8 Å². The van der Waals surface area contributed by atoms with Gasteiger partial charge in [0, 0.05) is 29.9 Å². The third kappa shape index (κ3) is 6.16. The maximum absolute atomic E-state index is 13.0. The number of H-pyrrole nitrogens is 1. The number of fused-ring (bicyclic) bond motifs is 1. The SMILES string of the molecule is CC(C)CCC1=NNC(S)([C@H](Cc2c[nH]c3ccccc23)NC(=O)Cc2ccc(C(F)(F)F)cc2)O1. The Morgan fingerprint density at radius 3 is 2.58 bits per heavy atom. The van der Waals surface area contributed by atoms with Crippen LogP contribution in [0, 0.1) is 5.92 Å². The van der Waals surface area contributed by atoms with Gasteiger partial charge in [-0.2, -0.15) is 13.2 Å². The Hall–Kier alpha value is -3.14. The smallest absolute Gasteiger partial charge is 0.416 e. The zero-order valence-electron chi connectivity index (χ0n) is 20.0. The summed E-state index contributed by atoms with van der Waals surface area (Å²) in [5.74, 6) is 0.616. The normalized spacial score (nSPS) is 18.6. The second-order valence-electron chi connectivity index (χ2n) is 9.40. The van der Waals surface area contributed by atoms with Crippen molar-refractivity contribution in [3.05, 3.63) is 71.4 Å². The average molecular weight is 519 g/mol. The molecule has 3 N–H and O–H groups in total. The number of carbonyl (C=O) groups excluding carboxylic acids is 1. The van der Waals surface area contributed by atoms with E-state index in [0.29, 0.717) is 30.2 Å². The molecular formula is C26H29F3N4O2S. The topological polar surface area (TPSA) is 78.5 Å². The van der Waals surface area contributed by atoms with Crippen LogP contribution in [0.1, 0.15) is 43.4 Å². The number of alkyl halides is 3. The van der Waals surface area contributed by atoms with Crippen LogP contribution in [-0.2, 0) is 28.5 Å². The molecule has 0 saturated carbocycles. The standard InChI is InChI=1S/C26H29F3N4O2S/c1-16(2)7-12-24-32-33-26(36,35-24)22(14-18-15-30-21-6-4-3-5-20(18)21)31-23(34)13-17-8-10-19(11-9-17)25(27,28)29/h3-6,8-11,15-16,22,30,33,36H,7,12-14H2,1-2H3,(H,31,34)/t22-,26?/m0/s1. The first-order chi connectivity index (χ1) is 17.0. The van der Waals surface area contributed by atoms with E-state index in [1.54, 1.807) is 0 Å². The third-order valence-electron chi connectivity index (χ3n) is 6.10. The van der Waals surface area contributed by atoms with Gasteiger partial charge >= 0.3 is 6.18 Å². The number of ether oxygens (including phenoxy) is 1. The van der Waals surface area contributed by atoms with Gasteiger partial charge in [0.1, 0.15) is 6.04 Å². The molecule has 6 nitrogen and oxygen atoms in total. The highest BCUT2D eigenvalue weighted by Crippen LogP contribution is 2.31. The molecule has 10 heteroatoms. The largest absolute Gasteiger partial charge is 0.441 e. The van der Waals surface area contributed by atoms with Gasteiger partial charge in [-0.15, -0.1) is 17.7 Å². The summed E-state index contributed by atoms with van der Waals surface area (Å²) in [4.78, 5) is 16.2. The number of benzene rings is 2. The van der Waals surface area contributed by atoms with Crippen molar-refractivity contribution < 1.29 is 22.7 Å². The molecule has 2 heterocycles. The van der Waals surface area contributed by atoms with E-state index in [1.807, 2.05) is 30.5 Å². The summed E-state index contributed by atoms with van der Waals surface area (Å²) in [5.41, 5.74) is 4.57. The number of hydrogen-bond acceptors (Lipinski definition) is 5. The highest BCUT2D eigenvalue weighted by Gasteiger charge is 2.43. The number of amides is 1. The van der Waals surface area contributed by atoms with E-state index >= 15 is 0 Å². The van der Waals surface area contributed by atoms with Crippen molar-refractivity contribution in [2.75, 3.05) is 0 Å². The Morgan fingerprint density at radius 2 is 1.89 bits per heavy atom. The molecule has 192 valence electrons. The van der Waals surface area contributed by atoms with Crippen LogP contribution in [0.25, 0.3) is 10.9 Å². The van der Waals surface area contributed by atoms with Crippen LogP contribution >= 0.6 is 12.6 Å². The number of para-hydroxylation sites is 1. The van der Waals surface area contributed by atoms with Crippen LogP contribution in [-0.4, -0.2) is 27.9 Å². The predicted octanol–water partition coefficient (Wildman–Crippen LogP) is 5.41. The van der Waals surface area contributed by atoms with Crippen LogP contribution in [0.2, 0.25) is 0 Å². The summed E-state index contributed by atoms with van der Waals surface area (Å²) in [7, 11) is 0. The lowest BCUT2D eigenvalue weighted by Gasteiger charge is -2.32. The van der Waals surface area contributed by atoms with Crippen molar-refractivity contribution >= 4 is 35.3 Å². The van der Waals surface area contributed by atoms with Gasteiger partial charge in [-0.1, -0.05) is 44.2 Å². The highest BCUT2D eigenvalue weighted by molar-refractivity contribution is 7.81. The van der Waals surface area contributed by atoms with Crippen molar-refractivity contribution in [1.29, 1.82) is 0 Å². The van der Waals surface area contributed by atoms with Gasteiger partial charge in [0.15, 0.2) is 0 Å². The lowest BCUT2D eigenvalue weighted by Crippen LogP contribution is -2.57. The quantitative estimate of drug-likeness (QED) is 0.286. The van der Waals surface area contributed by atoms with Gasteiger partial charge in [0.25, 0.3) is 5.06 Å². The summed E-state index contributed by atoms with van der Waals surface area (Å²) in [6, 6.07) is 11.8. The number of hydrogen-bond donors (Lipinski definition) is 4. The number of nitrogens with zero attached hydrogens (tertiary/aromatic N) is 1. The number of thiol groups is 1. The minimum absolute atomic E-state index is 0.0898. The first-order valence-corrected chi connectivity index (χ1v) is 12.2. The summed E-state index contributed by atoms with van der Waals surface area (Å²) in [6.07, 6.45) is -0.738. The van der Waals surface area contributed by atoms with Gasteiger partial charge in [-0.3, -0.25) is 10.2 Å². The molecule has 1 amide bonds. The summed E-state index contributed by atoms with van der Waals surface area (Å²) in [6.45, 7) is 4.22. The van der Waals surface area contributed by atoms with Gasteiger partial charge in [0.2, 0.25) is 11.8 Å². The summed E-state index contributed by atoms with van der Waals surface area (Å²) in [5, 5.41) is 6.99. The van der Waals surface area contributed by atoms with Crippen molar-refractivity contribution in [2.24, 2.45) is 11.0 Å². The number of halogens is 3. The fraction of sp³-hybridized carbons (Fsp3) is 0.385. The van der Waals surface area contributed by atoms with Crippen molar-refractivity contribution in [3.63, 3.8) is 0 Å². The van der Waals surface area contributed by atoms with E-state index in [0.717, 1.165) is 35.0 Å². The fourth-order valence-electron chi connectivity index (χ4n) is 4.09. The second-order valence-corrected chi connectivity index (χ2v) is 10.1. The van der Waals surface area contributed by atoms with E-state index in [1.165, 1.54) is 12.1 Å². The maximum Gasteiger partial charge on any atom is 0.416 e. The Kier molecular flexibility index (Phi) is 7.54. The minimum atomic E-state index is -4.43. The van der Waals surface area contributed by atoms with Gasteiger partial charge < -0.3 is 15.0 Å². The zero-order valence-corrected chi connectivity index (χ0v) is 20.9. The first-order valence-electron chi connectivity index (χ1n) is 11.8.